The molecule has 0 aliphatic carbocycles. The summed E-state index contributed by atoms with van der Waals surface area (Å²) in [4.78, 5) is 24.0. The quantitative estimate of drug-likeness (QED) is 0.647. The van der Waals surface area contributed by atoms with Gasteiger partial charge in [-0.15, -0.1) is 11.6 Å². The van der Waals surface area contributed by atoms with Crippen LogP contribution in [0.5, 0.6) is 0 Å². The van der Waals surface area contributed by atoms with Crippen LogP contribution in [0.25, 0.3) is 0 Å². The van der Waals surface area contributed by atoms with E-state index in [1.807, 2.05) is 24.3 Å². The van der Waals surface area contributed by atoms with Crippen molar-refractivity contribution in [2.75, 3.05) is 12.5 Å². The minimum absolute atomic E-state index is 0.0328. The van der Waals surface area contributed by atoms with Crippen molar-refractivity contribution in [3.63, 3.8) is 0 Å². The average Bonchev–Trinajstić information content (AvgIpc) is 2.54. The van der Waals surface area contributed by atoms with Crippen LogP contribution in [0.2, 0.25) is 0 Å². The molecular formula is C16H19ClN2O3. The molecule has 0 aromatic heterocycles. The highest BCUT2D eigenvalue weighted by Crippen LogP contribution is 2.28. The molecule has 22 heavy (non-hydrogen) atoms. The number of aryl methyl sites for hydroxylation is 1. The Balaban J connectivity index is 2.44. The fourth-order valence-corrected chi connectivity index (χ4v) is 2.58. The number of nitrogens with one attached hydrogen (secondary N) is 2. The first-order chi connectivity index (χ1) is 10.6. The zero-order valence-electron chi connectivity index (χ0n) is 12.6. The monoisotopic (exact) mass is 322 g/mol. The highest BCUT2D eigenvalue weighted by atomic mass is 35.5. The first-order valence-corrected chi connectivity index (χ1v) is 7.76. The highest BCUT2D eigenvalue weighted by molar-refractivity contribution is 6.20. The molecule has 2 amide bonds. The van der Waals surface area contributed by atoms with Gasteiger partial charge in [-0.25, -0.2) is 9.59 Å². The van der Waals surface area contributed by atoms with Crippen molar-refractivity contribution in [2.45, 2.75) is 26.3 Å². The Bertz CT molecular complexity index is 596. The molecular weight excluding hydrogens is 304 g/mol. The number of allylic oxidation sites excluding steroid dienone is 1. The third-order valence-corrected chi connectivity index (χ3v) is 3.77. The fraction of sp³-hybridized carbons (Fsp3) is 0.375. The Labute approximate surface area is 134 Å². The minimum atomic E-state index is -0.563. The van der Waals surface area contributed by atoms with E-state index in [1.54, 1.807) is 6.92 Å². The van der Waals surface area contributed by atoms with Crippen molar-refractivity contribution in [1.29, 1.82) is 0 Å². The third-order valence-electron chi connectivity index (χ3n) is 3.50. The maximum Gasteiger partial charge on any atom is 0.338 e. The van der Waals surface area contributed by atoms with Crippen LogP contribution in [-0.2, 0) is 16.0 Å². The van der Waals surface area contributed by atoms with E-state index >= 15 is 0 Å². The first-order valence-electron chi connectivity index (χ1n) is 7.23. The highest BCUT2D eigenvalue weighted by Gasteiger charge is 2.33. The van der Waals surface area contributed by atoms with Gasteiger partial charge in [0.05, 0.1) is 24.1 Å². The molecule has 1 heterocycles. The Kier molecular flexibility index (Phi) is 5.44. The van der Waals surface area contributed by atoms with Gasteiger partial charge in [0.2, 0.25) is 0 Å². The van der Waals surface area contributed by atoms with Gasteiger partial charge in [-0.2, -0.15) is 0 Å². The smallest absolute Gasteiger partial charge is 0.338 e. The zero-order valence-corrected chi connectivity index (χ0v) is 13.4. The largest absolute Gasteiger partial charge is 0.463 e. The molecule has 0 saturated carbocycles. The summed E-state index contributed by atoms with van der Waals surface area (Å²) in [5.74, 6) is -0.444. The van der Waals surface area contributed by atoms with Crippen LogP contribution < -0.4 is 10.6 Å². The van der Waals surface area contributed by atoms with Gasteiger partial charge in [0, 0.05) is 5.70 Å². The van der Waals surface area contributed by atoms with Crippen molar-refractivity contribution in [1.82, 2.24) is 10.6 Å². The molecule has 6 heteroatoms. The molecule has 2 N–H and O–H groups in total. The van der Waals surface area contributed by atoms with Gasteiger partial charge >= 0.3 is 12.0 Å². The Morgan fingerprint density at radius 3 is 2.50 bits per heavy atom. The average molecular weight is 323 g/mol. The van der Waals surface area contributed by atoms with Crippen LogP contribution in [0.4, 0.5) is 4.79 Å². The number of carbonyl (C=O) groups is 2. The van der Waals surface area contributed by atoms with E-state index in [2.05, 4.69) is 17.6 Å². The second kappa shape index (κ2) is 7.31. The summed E-state index contributed by atoms with van der Waals surface area (Å²) in [6.07, 6.45) is 0.923. The van der Waals surface area contributed by atoms with Crippen LogP contribution in [0, 0.1) is 0 Å². The number of carbonyl (C=O) groups excluding carboxylic acids is 2. The molecule has 0 spiro atoms. The first kappa shape index (κ1) is 16.4. The lowest BCUT2D eigenvalue weighted by molar-refractivity contribution is -0.139. The van der Waals surface area contributed by atoms with Crippen molar-refractivity contribution in [3.8, 4) is 0 Å². The maximum absolute atomic E-state index is 12.3. The van der Waals surface area contributed by atoms with Gasteiger partial charge in [-0.1, -0.05) is 31.2 Å². The number of urea groups is 1. The lowest BCUT2D eigenvalue weighted by Crippen LogP contribution is -2.46. The molecule has 0 saturated heterocycles. The van der Waals surface area contributed by atoms with Gasteiger partial charge in [0.25, 0.3) is 0 Å². The predicted molar refractivity (Wildman–Crippen MR) is 84.6 cm³/mol. The molecule has 1 aromatic rings. The summed E-state index contributed by atoms with van der Waals surface area (Å²) in [7, 11) is 0. The molecule has 5 nitrogen and oxygen atoms in total. The number of ether oxygens (including phenoxy) is 1. The van der Waals surface area contributed by atoms with E-state index in [0.29, 0.717) is 11.3 Å². The number of benzene rings is 1. The van der Waals surface area contributed by atoms with Gasteiger partial charge in [-0.3, -0.25) is 0 Å². The van der Waals surface area contributed by atoms with E-state index in [4.69, 9.17) is 16.3 Å². The van der Waals surface area contributed by atoms with Gasteiger partial charge < -0.3 is 15.4 Å². The standard InChI is InChI=1S/C16H19ClN2O3/c1-3-10-5-7-11(8-6-10)14-13(15(20)22-4-2)12(9-17)18-16(21)19-14/h5-8,14H,3-4,9H2,1-2H3,(H2,18,19,21)/t14-/m0/s1. The topological polar surface area (TPSA) is 67.4 Å². The summed E-state index contributed by atoms with van der Waals surface area (Å²) in [6, 6.07) is 6.82. The van der Waals surface area contributed by atoms with Crippen molar-refractivity contribution >= 4 is 23.6 Å². The van der Waals surface area contributed by atoms with E-state index < -0.39 is 12.0 Å². The Morgan fingerprint density at radius 2 is 1.95 bits per heavy atom. The van der Waals surface area contributed by atoms with Crippen LogP contribution in [-0.4, -0.2) is 24.5 Å². The second-order valence-corrected chi connectivity index (χ2v) is 5.14. The van der Waals surface area contributed by atoms with Crippen LogP contribution in [0.1, 0.15) is 31.0 Å². The van der Waals surface area contributed by atoms with Gasteiger partial charge in [0.1, 0.15) is 0 Å². The van der Waals surface area contributed by atoms with Crippen molar-refractivity contribution in [2.24, 2.45) is 0 Å². The van der Waals surface area contributed by atoms with Gasteiger partial charge in [-0.05, 0) is 24.5 Å². The number of esters is 1. The van der Waals surface area contributed by atoms with Crippen molar-refractivity contribution in [3.05, 3.63) is 46.7 Å². The number of hydrogen-bond donors (Lipinski definition) is 2. The summed E-state index contributed by atoms with van der Waals surface area (Å²) < 4.78 is 5.10. The summed E-state index contributed by atoms with van der Waals surface area (Å²) in [6.45, 7) is 4.06. The molecule has 1 aliphatic rings. The van der Waals surface area contributed by atoms with E-state index in [9.17, 15) is 9.59 Å². The Morgan fingerprint density at radius 1 is 1.27 bits per heavy atom. The molecule has 1 aromatic carbocycles. The van der Waals surface area contributed by atoms with Crippen LogP contribution in [0.15, 0.2) is 35.5 Å². The molecule has 0 unspecified atom stereocenters. The second-order valence-electron chi connectivity index (χ2n) is 4.87. The van der Waals surface area contributed by atoms with E-state index in [0.717, 1.165) is 12.0 Å². The molecule has 1 aliphatic heterocycles. The molecule has 0 bridgehead atoms. The number of hydrogen-bond acceptors (Lipinski definition) is 3. The number of halogens is 1. The molecule has 1 atom stereocenters. The summed E-state index contributed by atoms with van der Waals surface area (Å²) >= 11 is 5.88. The van der Waals surface area contributed by atoms with Crippen LogP contribution >= 0.6 is 11.6 Å². The fourth-order valence-electron chi connectivity index (χ4n) is 2.37. The normalized spacial score (nSPS) is 17.8. The molecule has 118 valence electrons. The number of alkyl halides is 1. The third kappa shape index (κ3) is 3.42. The van der Waals surface area contributed by atoms with Gasteiger partial charge in [0.15, 0.2) is 0 Å². The zero-order chi connectivity index (χ0) is 16.1. The summed E-state index contributed by atoms with van der Waals surface area (Å²) in [5.41, 5.74) is 2.73. The predicted octanol–water partition coefficient (Wildman–Crippen LogP) is 2.66. The van der Waals surface area contributed by atoms with Crippen LogP contribution in [0.3, 0.4) is 0 Å². The Hall–Kier alpha value is -2.01. The SMILES string of the molecule is CCOC(=O)C1=C(CCl)NC(=O)N[C@H]1c1ccc(CC)cc1. The maximum atomic E-state index is 12.3. The van der Waals surface area contributed by atoms with Crippen molar-refractivity contribution < 1.29 is 14.3 Å². The molecule has 2 rings (SSSR count). The van der Waals surface area contributed by atoms with E-state index in [-0.39, 0.29) is 18.5 Å². The number of rotatable bonds is 5. The summed E-state index contributed by atoms with van der Waals surface area (Å²) in [5, 5.41) is 5.33. The lowest BCUT2D eigenvalue weighted by atomic mass is 9.94. The van der Waals surface area contributed by atoms with E-state index in [1.165, 1.54) is 5.56 Å². The minimum Gasteiger partial charge on any atom is -0.463 e. The molecule has 0 fully saturated rings. The number of amides is 2. The lowest BCUT2D eigenvalue weighted by Gasteiger charge is -2.28. The molecule has 0 radical (unpaired) electrons.